The van der Waals surface area contributed by atoms with Crippen LogP contribution in [0.15, 0.2) is 43.0 Å². The van der Waals surface area contributed by atoms with Crippen molar-refractivity contribution in [2.24, 2.45) is 5.73 Å². The van der Waals surface area contributed by atoms with E-state index in [0.29, 0.717) is 5.69 Å². The minimum atomic E-state index is -1.35. The number of nitrogens with zero attached hydrogens (tertiary/aromatic N) is 1. The van der Waals surface area contributed by atoms with Crippen molar-refractivity contribution in [1.82, 2.24) is 30.9 Å². The SMILES string of the molecule is NC(Cc1c[nH]c2ccccc12)C(=O)NCC(=O)NC(CCC(=O)O)C(=O)NC(Cc1cnc[nH]1)C(=O)O. The van der Waals surface area contributed by atoms with E-state index in [1.807, 2.05) is 24.3 Å². The lowest BCUT2D eigenvalue weighted by Crippen LogP contribution is -2.54. The second kappa shape index (κ2) is 13.0. The van der Waals surface area contributed by atoms with E-state index in [4.69, 9.17) is 10.8 Å². The van der Waals surface area contributed by atoms with Gasteiger partial charge in [-0.05, 0) is 24.5 Å². The molecule has 9 N–H and O–H groups in total. The lowest BCUT2D eigenvalue weighted by Gasteiger charge is -2.21. The van der Waals surface area contributed by atoms with Crippen LogP contribution in [0, 0.1) is 0 Å². The van der Waals surface area contributed by atoms with Gasteiger partial charge in [0.05, 0.1) is 18.9 Å². The summed E-state index contributed by atoms with van der Waals surface area (Å²) in [5.74, 6) is -4.78. The van der Waals surface area contributed by atoms with E-state index in [1.165, 1.54) is 12.5 Å². The number of nitrogens with one attached hydrogen (secondary N) is 5. The lowest BCUT2D eigenvalue weighted by molar-refractivity contribution is -0.143. The van der Waals surface area contributed by atoms with Crippen LogP contribution in [-0.4, -0.2) is 79.5 Å². The van der Waals surface area contributed by atoms with E-state index in [0.717, 1.165) is 16.5 Å². The van der Waals surface area contributed by atoms with Crippen LogP contribution >= 0.6 is 0 Å². The highest BCUT2D eigenvalue weighted by Crippen LogP contribution is 2.18. The molecule has 0 aliphatic rings. The summed E-state index contributed by atoms with van der Waals surface area (Å²) >= 11 is 0. The molecule has 0 fully saturated rings. The number of carboxylic acid groups (broad SMARTS) is 2. The molecule has 0 saturated carbocycles. The molecule has 2 aromatic heterocycles. The Hall–Kier alpha value is -4.72. The van der Waals surface area contributed by atoms with Crippen molar-refractivity contribution < 1.29 is 34.2 Å². The standard InChI is InChI=1S/C24H29N7O7/c25-16(7-13-9-27-17-4-2-1-3-15(13)17)22(35)28-11-20(32)30-18(5-6-21(33)34)23(36)31-19(24(37)38)8-14-10-26-12-29-14/h1-4,9-10,12,16,18-19,27H,5-8,11,25H2,(H,26,29)(H,28,35)(H,30,32)(H,31,36)(H,33,34)(H,37,38). The van der Waals surface area contributed by atoms with Gasteiger partial charge in [-0.2, -0.15) is 0 Å². The summed E-state index contributed by atoms with van der Waals surface area (Å²) in [5.41, 5.74) is 8.19. The maximum atomic E-state index is 12.7. The summed E-state index contributed by atoms with van der Waals surface area (Å²) < 4.78 is 0. The number of H-pyrrole nitrogens is 2. The number of carbonyl (C=O) groups is 5. The van der Waals surface area contributed by atoms with Crippen LogP contribution in [0.5, 0.6) is 0 Å². The molecule has 14 heteroatoms. The molecule has 3 rings (SSSR count). The van der Waals surface area contributed by atoms with Crippen LogP contribution in [0.2, 0.25) is 0 Å². The summed E-state index contributed by atoms with van der Waals surface area (Å²) in [6.07, 6.45) is 3.87. The van der Waals surface area contributed by atoms with Gasteiger partial charge in [-0.25, -0.2) is 9.78 Å². The molecule has 0 aliphatic heterocycles. The second-order valence-corrected chi connectivity index (χ2v) is 8.62. The normalized spacial score (nSPS) is 13.3. The summed E-state index contributed by atoms with van der Waals surface area (Å²) in [6, 6.07) is 3.87. The van der Waals surface area contributed by atoms with E-state index >= 15 is 0 Å². The predicted octanol–water partition coefficient (Wildman–Crippen LogP) is -0.961. The Balaban J connectivity index is 1.55. The number of carbonyl (C=O) groups excluding carboxylic acids is 3. The number of para-hydroxylation sites is 1. The predicted molar refractivity (Wildman–Crippen MR) is 134 cm³/mol. The Bertz CT molecular complexity index is 1290. The molecule has 38 heavy (non-hydrogen) atoms. The van der Waals surface area contributed by atoms with Crippen LogP contribution in [0.1, 0.15) is 24.1 Å². The van der Waals surface area contributed by atoms with Gasteiger partial charge < -0.3 is 41.9 Å². The van der Waals surface area contributed by atoms with Gasteiger partial charge in [0.1, 0.15) is 12.1 Å². The number of hydrogen-bond donors (Lipinski definition) is 8. The number of hydrogen-bond acceptors (Lipinski definition) is 7. The molecule has 0 saturated heterocycles. The van der Waals surface area contributed by atoms with Crippen LogP contribution in [0.25, 0.3) is 10.9 Å². The molecule has 14 nitrogen and oxygen atoms in total. The van der Waals surface area contributed by atoms with Crippen molar-refractivity contribution in [3.05, 3.63) is 54.2 Å². The Kier molecular flexibility index (Phi) is 9.54. The number of benzene rings is 1. The first-order valence-corrected chi connectivity index (χ1v) is 11.7. The molecule has 3 amide bonds. The maximum absolute atomic E-state index is 12.7. The van der Waals surface area contributed by atoms with Crippen molar-refractivity contribution in [1.29, 1.82) is 0 Å². The molecule has 3 unspecified atom stereocenters. The van der Waals surface area contributed by atoms with E-state index in [9.17, 15) is 29.1 Å². The zero-order valence-corrected chi connectivity index (χ0v) is 20.3. The monoisotopic (exact) mass is 527 g/mol. The number of fused-ring (bicyclic) bond motifs is 1. The molecule has 3 atom stereocenters. The van der Waals surface area contributed by atoms with E-state index < -0.39 is 60.8 Å². The quantitative estimate of drug-likeness (QED) is 0.129. The molecule has 0 aliphatic carbocycles. The molecule has 202 valence electrons. The number of nitrogens with two attached hydrogens (primary N) is 1. The van der Waals surface area contributed by atoms with Gasteiger partial charge in [0.15, 0.2) is 0 Å². The molecule has 0 bridgehead atoms. The zero-order valence-electron chi connectivity index (χ0n) is 20.3. The third-order valence-electron chi connectivity index (χ3n) is 5.77. The lowest BCUT2D eigenvalue weighted by atomic mass is 10.1. The van der Waals surface area contributed by atoms with Gasteiger partial charge in [-0.1, -0.05) is 18.2 Å². The van der Waals surface area contributed by atoms with Crippen molar-refractivity contribution >= 4 is 40.6 Å². The van der Waals surface area contributed by atoms with Crippen LogP contribution < -0.4 is 21.7 Å². The molecule has 2 heterocycles. The van der Waals surface area contributed by atoms with E-state index in [1.54, 1.807) is 6.20 Å². The first-order chi connectivity index (χ1) is 18.1. The molecular weight excluding hydrogens is 498 g/mol. The van der Waals surface area contributed by atoms with Gasteiger partial charge >= 0.3 is 11.9 Å². The third kappa shape index (κ3) is 7.89. The second-order valence-electron chi connectivity index (χ2n) is 8.62. The number of aliphatic carboxylic acids is 2. The number of carboxylic acids is 2. The highest BCUT2D eigenvalue weighted by molar-refractivity contribution is 5.93. The Morgan fingerprint density at radius 1 is 0.974 bits per heavy atom. The van der Waals surface area contributed by atoms with E-state index in [-0.39, 0.29) is 19.3 Å². The average molecular weight is 528 g/mol. The largest absolute Gasteiger partial charge is 0.481 e. The molecule has 3 aromatic rings. The van der Waals surface area contributed by atoms with Crippen molar-refractivity contribution in [2.45, 2.75) is 43.8 Å². The summed E-state index contributed by atoms with van der Waals surface area (Å²) in [6.45, 7) is -0.520. The average Bonchev–Trinajstić information content (AvgIpc) is 3.54. The highest BCUT2D eigenvalue weighted by Gasteiger charge is 2.28. The number of amides is 3. The van der Waals surface area contributed by atoms with Gasteiger partial charge in [0, 0.05) is 41.8 Å². The van der Waals surface area contributed by atoms with E-state index in [2.05, 4.69) is 30.9 Å². The summed E-state index contributed by atoms with van der Waals surface area (Å²) in [5, 5.41) is 26.4. The highest BCUT2D eigenvalue weighted by atomic mass is 16.4. The van der Waals surface area contributed by atoms with Gasteiger partial charge in [0.25, 0.3) is 0 Å². The summed E-state index contributed by atoms with van der Waals surface area (Å²) in [7, 11) is 0. The Morgan fingerprint density at radius 2 is 1.74 bits per heavy atom. The number of imidazole rings is 1. The van der Waals surface area contributed by atoms with Crippen molar-refractivity contribution in [2.75, 3.05) is 6.54 Å². The van der Waals surface area contributed by atoms with Crippen LogP contribution in [-0.2, 0) is 36.8 Å². The number of aromatic amines is 2. The first-order valence-electron chi connectivity index (χ1n) is 11.7. The number of rotatable bonds is 14. The molecular formula is C24H29N7O7. The van der Waals surface area contributed by atoms with Crippen molar-refractivity contribution in [3.63, 3.8) is 0 Å². The minimum Gasteiger partial charge on any atom is -0.481 e. The van der Waals surface area contributed by atoms with Crippen molar-refractivity contribution in [3.8, 4) is 0 Å². The Morgan fingerprint density at radius 3 is 2.42 bits per heavy atom. The maximum Gasteiger partial charge on any atom is 0.326 e. The van der Waals surface area contributed by atoms with Gasteiger partial charge in [-0.15, -0.1) is 0 Å². The summed E-state index contributed by atoms with van der Waals surface area (Å²) in [4.78, 5) is 69.9. The zero-order chi connectivity index (χ0) is 27.7. The van der Waals surface area contributed by atoms with Gasteiger partial charge in [0.2, 0.25) is 17.7 Å². The Labute approximate surface area is 216 Å². The fourth-order valence-electron chi connectivity index (χ4n) is 3.80. The van der Waals surface area contributed by atoms with Crippen LogP contribution in [0.3, 0.4) is 0 Å². The molecule has 1 aromatic carbocycles. The van der Waals surface area contributed by atoms with Crippen LogP contribution in [0.4, 0.5) is 0 Å². The minimum absolute atomic E-state index is 0.106. The molecule has 0 radical (unpaired) electrons. The first kappa shape index (κ1) is 27.9. The van der Waals surface area contributed by atoms with Gasteiger partial charge in [-0.3, -0.25) is 19.2 Å². The fraction of sp³-hybridized carbons (Fsp3) is 0.333. The third-order valence-corrected chi connectivity index (χ3v) is 5.77. The smallest absolute Gasteiger partial charge is 0.326 e. The topological polar surface area (TPSA) is 232 Å². The number of aromatic nitrogens is 3. The fourth-order valence-corrected chi connectivity index (χ4v) is 3.80. The molecule has 0 spiro atoms.